The van der Waals surface area contributed by atoms with Crippen LogP contribution in [0, 0.1) is 0 Å². The van der Waals surface area contributed by atoms with Gasteiger partial charge in [-0.1, -0.05) is 28.1 Å². The van der Waals surface area contributed by atoms with Crippen LogP contribution in [0.1, 0.15) is 5.56 Å². The third kappa shape index (κ3) is 4.84. The highest BCUT2D eigenvalue weighted by molar-refractivity contribution is 9.10. The van der Waals surface area contributed by atoms with Crippen molar-refractivity contribution in [1.82, 2.24) is 0 Å². The molecule has 0 radical (unpaired) electrons. The average Bonchev–Trinajstić information content (AvgIpc) is 3.06. The maximum absolute atomic E-state index is 11.8. The summed E-state index contributed by atoms with van der Waals surface area (Å²) in [5, 5.41) is 2.64. The van der Waals surface area contributed by atoms with Crippen molar-refractivity contribution in [2.45, 2.75) is 0 Å². The van der Waals surface area contributed by atoms with E-state index in [2.05, 4.69) is 21.2 Å². The smallest absolute Gasteiger partial charge is 0.331 e. The van der Waals surface area contributed by atoms with Crippen molar-refractivity contribution in [2.24, 2.45) is 0 Å². The molecular weight excluding hydrogens is 390 g/mol. The van der Waals surface area contributed by atoms with Crippen LogP contribution in [0.5, 0.6) is 11.5 Å². The maximum Gasteiger partial charge on any atom is 0.331 e. The van der Waals surface area contributed by atoms with Crippen LogP contribution in [0.15, 0.2) is 53.0 Å². The normalized spacial score (nSPS) is 12.2. The van der Waals surface area contributed by atoms with Gasteiger partial charge in [-0.3, -0.25) is 4.79 Å². The zero-order valence-corrected chi connectivity index (χ0v) is 14.6. The van der Waals surface area contributed by atoms with E-state index in [0.717, 1.165) is 10.0 Å². The van der Waals surface area contributed by atoms with Gasteiger partial charge in [-0.05, 0) is 42.0 Å². The Hall–Kier alpha value is -2.80. The number of nitrogens with one attached hydrogen (secondary N) is 1. The molecule has 0 saturated carbocycles. The Morgan fingerprint density at radius 3 is 2.84 bits per heavy atom. The lowest BCUT2D eigenvalue weighted by Crippen LogP contribution is -2.20. The first-order chi connectivity index (χ1) is 12.1. The number of carbonyl (C=O) groups excluding carboxylic acids is 2. The molecule has 0 bridgehead atoms. The Bertz CT molecular complexity index is 834. The van der Waals surface area contributed by atoms with Crippen molar-refractivity contribution in [1.29, 1.82) is 0 Å². The van der Waals surface area contributed by atoms with Gasteiger partial charge in [0, 0.05) is 16.2 Å². The molecule has 0 spiro atoms. The van der Waals surface area contributed by atoms with Crippen LogP contribution in [-0.2, 0) is 14.3 Å². The number of fused-ring (bicyclic) bond motifs is 1. The van der Waals surface area contributed by atoms with Crippen LogP contribution in [0.3, 0.4) is 0 Å². The number of esters is 1. The van der Waals surface area contributed by atoms with E-state index in [1.165, 1.54) is 6.08 Å². The molecule has 1 aliphatic heterocycles. The quantitative estimate of drug-likeness (QED) is 0.611. The highest BCUT2D eigenvalue weighted by Gasteiger charge is 2.12. The topological polar surface area (TPSA) is 73.9 Å². The third-order valence-electron chi connectivity index (χ3n) is 3.26. The van der Waals surface area contributed by atoms with E-state index < -0.39 is 11.9 Å². The summed E-state index contributed by atoms with van der Waals surface area (Å²) in [6, 6.07) is 12.4. The molecule has 1 amide bonds. The average molecular weight is 404 g/mol. The summed E-state index contributed by atoms with van der Waals surface area (Å²) in [7, 11) is 0. The summed E-state index contributed by atoms with van der Waals surface area (Å²) in [5.41, 5.74) is 1.38. The van der Waals surface area contributed by atoms with Crippen LogP contribution in [0.2, 0.25) is 0 Å². The molecule has 1 N–H and O–H groups in total. The molecule has 3 rings (SSSR count). The summed E-state index contributed by atoms with van der Waals surface area (Å²) in [5.74, 6) is 0.276. The highest BCUT2D eigenvalue weighted by Crippen LogP contribution is 2.32. The molecule has 0 unspecified atom stereocenters. The molecule has 1 heterocycles. The van der Waals surface area contributed by atoms with Gasteiger partial charge in [0.15, 0.2) is 18.1 Å². The SMILES string of the molecule is O=C(COC(=O)/C=C/c1ccc2c(c1)OCO2)Nc1cccc(Br)c1. The van der Waals surface area contributed by atoms with Crippen LogP contribution >= 0.6 is 15.9 Å². The van der Waals surface area contributed by atoms with Crippen molar-refractivity contribution < 1.29 is 23.8 Å². The van der Waals surface area contributed by atoms with Gasteiger partial charge >= 0.3 is 5.97 Å². The van der Waals surface area contributed by atoms with E-state index in [-0.39, 0.29) is 13.4 Å². The molecule has 0 aromatic heterocycles. The number of hydrogen-bond donors (Lipinski definition) is 1. The van der Waals surface area contributed by atoms with Crippen LogP contribution < -0.4 is 14.8 Å². The minimum absolute atomic E-state index is 0.192. The molecule has 0 saturated heterocycles. The van der Waals surface area contributed by atoms with Gasteiger partial charge < -0.3 is 19.5 Å². The van der Waals surface area contributed by atoms with Crippen molar-refractivity contribution in [2.75, 3.05) is 18.7 Å². The van der Waals surface area contributed by atoms with Gasteiger partial charge in [-0.15, -0.1) is 0 Å². The predicted molar refractivity (Wildman–Crippen MR) is 95.3 cm³/mol. The number of halogens is 1. The monoisotopic (exact) mass is 403 g/mol. The highest BCUT2D eigenvalue weighted by atomic mass is 79.9. The number of benzene rings is 2. The second-order valence-electron chi connectivity index (χ2n) is 5.11. The van der Waals surface area contributed by atoms with E-state index in [1.54, 1.807) is 42.5 Å². The number of carbonyl (C=O) groups is 2. The number of anilines is 1. The zero-order valence-electron chi connectivity index (χ0n) is 13.0. The van der Waals surface area contributed by atoms with E-state index in [4.69, 9.17) is 14.2 Å². The van der Waals surface area contributed by atoms with Gasteiger partial charge in [0.1, 0.15) is 0 Å². The summed E-state index contributed by atoms with van der Waals surface area (Å²) in [6.07, 6.45) is 2.83. The lowest BCUT2D eigenvalue weighted by Gasteiger charge is -2.05. The number of amides is 1. The van der Waals surface area contributed by atoms with E-state index >= 15 is 0 Å². The van der Waals surface area contributed by atoms with Crippen molar-refractivity contribution in [3.63, 3.8) is 0 Å². The first-order valence-electron chi connectivity index (χ1n) is 7.40. The molecule has 25 heavy (non-hydrogen) atoms. The Balaban J connectivity index is 1.48. The number of rotatable bonds is 5. The largest absolute Gasteiger partial charge is 0.454 e. The zero-order chi connectivity index (χ0) is 17.6. The lowest BCUT2D eigenvalue weighted by molar-refractivity contribution is -0.142. The molecule has 0 aliphatic carbocycles. The number of hydrogen-bond acceptors (Lipinski definition) is 5. The summed E-state index contributed by atoms with van der Waals surface area (Å²) < 4.78 is 16.2. The van der Waals surface area contributed by atoms with Crippen molar-refractivity contribution in [3.8, 4) is 11.5 Å². The Labute approximate surface area is 152 Å². The molecule has 2 aromatic carbocycles. The summed E-state index contributed by atoms with van der Waals surface area (Å²) in [6.45, 7) is -0.172. The first kappa shape index (κ1) is 17.0. The minimum atomic E-state index is -0.609. The molecule has 1 aliphatic rings. The fourth-order valence-corrected chi connectivity index (χ4v) is 2.53. The van der Waals surface area contributed by atoms with E-state index in [9.17, 15) is 9.59 Å². The standard InChI is InChI=1S/C18H14BrNO5/c19-13-2-1-3-14(9-13)20-17(21)10-23-18(22)7-5-12-4-6-15-16(8-12)25-11-24-15/h1-9H,10-11H2,(H,20,21)/b7-5+. The molecule has 128 valence electrons. The molecule has 6 nitrogen and oxygen atoms in total. The molecule has 0 atom stereocenters. The maximum atomic E-state index is 11.8. The van der Waals surface area contributed by atoms with Gasteiger partial charge in [0.05, 0.1) is 0 Å². The second kappa shape index (κ2) is 7.85. The van der Waals surface area contributed by atoms with Gasteiger partial charge in [-0.25, -0.2) is 4.79 Å². The van der Waals surface area contributed by atoms with Gasteiger partial charge in [0.2, 0.25) is 6.79 Å². The fourth-order valence-electron chi connectivity index (χ4n) is 2.13. The minimum Gasteiger partial charge on any atom is -0.454 e. The number of ether oxygens (including phenoxy) is 3. The van der Waals surface area contributed by atoms with Crippen LogP contribution in [0.4, 0.5) is 5.69 Å². The molecule has 2 aromatic rings. The summed E-state index contributed by atoms with van der Waals surface area (Å²) >= 11 is 3.31. The van der Waals surface area contributed by atoms with Crippen LogP contribution in [0.25, 0.3) is 6.08 Å². The Kier molecular flexibility index (Phi) is 5.35. The summed E-state index contributed by atoms with van der Waals surface area (Å²) in [4.78, 5) is 23.5. The lowest BCUT2D eigenvalue weighted by atomic mass is 10.2. The van der Waals surface area contributed by atoms with Crippen molar-refractivity contribution >= 4 is 39.6 Å². The second-order valence-corrected chi connectivity index (χ2v) is 6.03. The molecule has 0 fully saturated rings. The van der Waals surface area contributed by atoms with Gasteiger partial charge in [0.25, 0.3) is 5.91 Å². The third-order valence-corrected chi connectivity index (χ3v) is 3.76. The first-order valence-corrected chi connectivity index (χ1v) is 8.19. The fraction of sp³-hybridized carbons (Fsp3) is 0.111. The van der Waals surface area contributed by atoms with Gasteiger partial charge in [-0.2, -0.15) is 0 Å². The molecular formula is C18H14BrNO5. The van der Waals surface area contributed by atoms with E-state index in [1.807, 2.05) is 6.07 Å². The molecule has 7 heteroatoms. The Morgan fingerprint density at radius 2 is 2.00 bits per heavy atom. The van der Waals surface area contributed by atoms with Crippen LogP contribution in [-0.4, -0.2) is 25.3 Å². The predicted octanol–water partition coefficient (Wildman–Crippen LogP) is 3.37. The van der Waals surface area contributed by atoms with Crippen molar-refractivity contribution in [3.05, 3.63) is 58.6 Å². The Morgan fingerprint density at radius 1 is 1.16 bits per heavy atom. The van der Waals surface area contributed by atoms with E-state index in [0.29, 0.717) is 17.2 Å².